The van der Waals surface area contributed by atoms with Gasteiger partial charge in [-0.3, -0.25) is 9.59 Å². The van der Waals surface area contributed by atoms with Crippen molar-refractivity contribution in [2.24, 2.45) is 0 Å². The number of aromatic nitrogens is 3. The minimum Gasteiger partial charge on any atom is -0.598 e. The van der Waals surface area contributed by atoms with Gasteiger partial charge in [0, 0.05) is 31.5 Å². The van der Waals surface area contributed by atoms with Gasteiger partial charge in [0.1, 0.15) is 23.4 Å². The van der Waals surface area contributed by atoms with E-state index in [1.54, 1.807) is 17.2 Å². The zero-order valence-corrected chi connectivity index (χ0v) is 19.3. The van der Waals surface area contributed by atoms with E-state index in [2.05, 4.69) is 26.8 Å². The van der Waals surface area contributed by atoms with Gasteiger partial charge in [0.2, 0.25) is 5.91 Å². The van der Waals surface area contributed by atoms with Crippen LogP contribution >= 0.6 is 11.6 Å². The standard InChI is InChI=1S/C21H23ClN6O3S/c1-4-19(29)27-10-17(28(32(3)31)21(11-27)5-6-21)13-7-15(26-18(22)8-13)14-9-16(20(30)23-2)25-12-24-14/h4,7-9,12,17H,1,5-6,10-11H2,2-3H3,(H,23,30)/t17?,32-/m0/s1. The lowest BCUT2D eigenvalue weighted by molar-refractivity contribution is -0.129. The summed E-state index contributed by atoms with van der Waals surface area (Å²) in [6.45, 7) is 4.47. The lowest BCUT2D eigenvalue weighted by Gasteiger charge is -2.45. The maximum atomic E-state index is 12.8. The van der Waals surface area contributed by atoms with E-state index >= 15 is 0 Å². The van der Waals surface area contributed by atoms with Crippen LogP contribution in [0.4, 0.5) is 0 Å². The lowest BCUT2D eigenvalue weighted by atomic mass is 10.00. The van der Waals surface area contributed by atoms with E-state index < -0.39 is 11.4 Å². The highest BCUT2D eigenvalue weighted by Gasteiger charge is 2.60. The third-order valence-corrected chi connectivity index (χ3v) is 7.20. The van der Waals surface area contributed by atoms with E-state index in [4.69, 9.17) is 11.6 Å². The molecular weight excluding hydrogens is 452 g/mol. The van der Waals surface area contributed by atoms with Gasteiger partial charge in [-0.25, -0.2) is 15.0 Å². The van der Waals surface area contributed by atoms with Crippen LogP contribution in [0.5, 0.6) is 0 Å². The van der Waals surface area contributed by atoms with Crippen LogP contribution in [0, 0.1) is 0 Å². The normalized spacial score (nSPS) is 20.6. The molecule has 2 aromatic heterocycles. The summed E-state index contributed by atoms with van der Waals surface area (Å²) in [6.07, 6.45) is 5.97. The molecule has 1 N–H and O–H groups in total. The van der Waals surface area contributed by atoms with Gasteiger partial charge in [0.05, 0.1) is 23.0 Å². The van der Waals surface area contributed by atoms with Crippen LogP contribution < -0.4 is 5.32 Å². The molecule has 1 saturated carbocycles. The Bertz CT molecular complexity index is 1080. The van der Waals surface area contributed by atoms with Crippen molar-refractivity contribution in [2.75, 3.05) is 26.4 Å². The first kappa shape index (κ1) is 22.7. The molecule has 32 heavy (non-hydrogen) atoms. The van der Waals surface area contributed by atoms with Crippen molar-refractivity contribution >= 4 is 34.8 Å². The highest BCUT2D eigenvalue weighted by molar-refractivity contribution is 7.88. The lowest BCUT2D eigenvalue weighted by Crippen LogP contribution is -2.59. The Labute approximate surface area is 194 Å². The molecule has 1 unspecified atom stereocenters. The van der Waals surface area contributed by atoms with Crippen molar-refractivity contribution in [3.63, 3.8) is 0 Å². The molecular formula is C21H23ClN6O3S. The van der Waals surface area contributed by atoms with E-state index in [9.17, 15) is 14.1 Å². The fourth-order valence-corrected chi connectivity index (χ4v) is 5.75. The summed E-state index contributed by atoms with van der Waals surface area (Å²) < 4.78 is 14.8. The molecule has 2 aliphatic rings. The molecule has 1 aliphatic heterocycles. The number of pyridine rings is 1. The summed E-state index contributed by atoms with van der Waals surface area (Å²) in [4.78, 5) is 38.8. The maximum Gasteiger partial charge on any atom is 0.269 e. The molecule has 0 radical (unpaired) electrons. The van der Waals surface area contributed by atoms with E-state index in [0.29, 0.717) is 24.5 Å². The van der Waals surface area contributed by atoms with Crippen LogP contribution in [-0.4, -0.2) is 72.5 Å². The highest BCUT2D eigenvalue weighted by atomic mass is 35.5. The third kappa shape index (κ3) is 4.23. The van der Waals surface area contributed by atoms with Gasteiger partial charge in [-0.1, -0.05) is 18.2 Å². The second-order valence-corrected chi connectivity index (χ2v) is 9.52. The molecule has 2 atom stereocenters. The average molecular weight is 475 g/mol. The largest absolute Gasteiger partial charge is 0.598 e. The molecule has 2 fully saturated rings. The van der Waals surface area contributed by atoms with E-state index in [-0.39, 0.29) is 34.2 Å². The summed E-state index contributed by atoms with van der Waals surface area (Å²) in [5.74, 6) is -0.501. The summed E-state index contributed by atoms with van der Waals surface area (Å²) in [5, 5.41) is 2.76. The molecule has 0 bridgehead atoms. The van der Waals surface area contributed by atoms with Gasteiger partial charge < -0.3 is 14.8 Å². The van der Waals surface area contributed by atoms with Crippen LogP contribution in [0.25, 0.3) is 11.4 Å². The molecule has 2 aromatic rings. The third-order valence-electron chi connectivity index (χ3n) is 5.81. The molecule has 168 valence electrons. The first-order valence-corrected chi connectivity index (χ1v) is 11.9. The molecule has 9 nitrogen and oxygen atoms in total. The zero-order valence-electron chi connectivity index (χ0n) is 17.7. The number of halogens is 1. The number of carbonyl (C=O) groups is 2. The molecule has 1 spiro atoms. The predicted octanol–water partition coefficient (Wildman–Crippen LogP) is 1.75. The predicted molar refractivity (Wildman–Crippen MR) is 121 cm³/mol. The Morgan fingerprint density at radius 3 is 2.69 bits per heavy atom. The summed E-state index contributed by atoms with van der Waals surface area (Å²) >= 11 is 5.10. The Morgan fingerprint density at radius 2 is 2.06 bits per heavy atom. The summed E-state index contributed by atoms with van der Waals surface area (Å²) in [6, 6.07) is 4.72. The number of piperazine rings is 1. The van der Waals surface area contributed by atoms with Crippen molar-refractivity contribution in [2.45, 2.75) is 24.4 Å². The van der Waals surface area contributed by atoms with Gasteiger partial charge in [-0.15, -0.1) is 4.31 Å². The fourth-order valence-electron chi connectivity index (χ4n) is 4.21. The van der Waals surface area contributed by atoms with Crippen molar-refractivity contribution in [3.05, 3.63) is 53.6 Å². The minimum absolute atomic E-state index is 0.158. The van der Waals surface area contributed by atoms with Crippen molar-refractivity contribution in [1.82, 2.24) is 29.5 Å². The van der Waals surface area contributed by atoms with E-state index in [1.807, 2.05) is 10.4 Å². The second kappa shape index (κ2) is 8.78. The first-order chi connectivity index (χ1) is 15.3. The molecule has 1 aliphatic carbocycles. The van der Waals surface area contributed by atoms with Crippen molar-refractivity contribution in [3.8, 4) is 11.4 Å². The Hall–Kier alpha value is -2.53. The monoisotopic (exact) mass is 474 g/mol. The highest BCUT2D eigenvalue weighted by Crippen LogP contribution is 2.51. The Morgan fingerprint density at radius 1 is 1.31 bits per heavy atom. The molecule has 4 rings (SSSR count). The van der Waals surface area contributed by atoms with Crippen molar-refractivity contribution in [1.29, 1.82) is 0 Å². The second-order valence-electron chi connectivity index (χ2n) is 7.89. The number of hydrogen-bond donors (Lipinski definition) is 1. The van der Waals surface area contributed by atoms with Gasteiger partial charge in [0.25, 0.3) is 5.91 Å². The van der Waals surface area contributed by atoms with Crippen molar-refractivity contribution < 1.29 is 14.1 Å². The fraction of sp³-hybridized carbons (Fsp3) is 0.381. The molecule has 2 amide bonds. The Kier molecular flexibility index (Phi) is 6.22. The van der Waals surface area contributed by atoms with Crippen LogP contribution in [-0.2, 0) is 16.2 Å². The summed E-state index contributed by atoms with van der Waals surface area (Å²) in [7, 11) is 1.52. The number of amides is 2. The maximum absolute atomic E-state index is 12.8. The molecule has 0 aromatic carbocycles. The number of rotatable bonds is 5. The number of carbonyl (C=O) groups excluding carboxylic acids is 2. The van der Waals surface area contributed by atoms with Crippen LogP contribution in [0.2, 0.25) is 5.15 Å². The molecule has 1 saturated heterocycles. The van der Waals surface area contributed by atoms with E-state index in [1.165, 1.54) is 25.5 Å². The van der Waals surface area contributed by atoms with E-state index in [0.717, 1.165) is 18.4 Å². The van der Waals surface area contributed by atoms with Gasteiger partial charge >= 0.3 is 0 Å². The molecule has 3 heterocycles. The zero-order chi connectivity index (χ0) is 23.0. The topological polar surface area (TPSA) is 114 Å². The first-order valence-electron chi connectivity index (χ1n) is 10.0. The minimum atomic E-state index is -1.26. The smallest absolute Gasteiger partial charge is 0.269 e. The quantitative estimate of drug-likeness (QED) is 0.399. The Balaban J connectivity index is 1.76. The SMILES string of the molecule is C=CC(=O)N1CC(c2cc(Cl)nc(-c3cc(C(=O)NC)ncn3)c2)N([S@+](C)[O-])C2(CC2)C1. The van der Waals surface area contributed by atoms with Gasteiger partial charge in [-0.05, 0) is 42.7 Å². The van der Waals surface area contributed by atoms with Crippen LogP contribution in [0.1, 0.15) is 34.9 Å². The average Bonchev–Trinajstić information content (AvgIpc) is 3.55. The number of nitrogens with one attached hydrogen (secondary N) is 1. The van der Waals surface area contributed by atoms with Crippen LogP contribution in [0.3, 0.4) is 0 Å². The molecule has 11 heteroatoms. The number of hydrogen-bond acceptors (Lipinski definition) is 7. The van der Waals surface area contributed by atoms with Gasteiger partial charge in [-0.2, -0.15) is 0 Å². The van der Waals surface area contributed by atoms with Crippen LogP contribution in [0.15, 0.2) is 37.2 Å². The summed E-state index contributed by atoms with van der Waals surface area (Å²) in [5.41, 5.74) is 1.54. The van der Waals surface area contributed by atoms with Gasteiger partial charge in [0.15, 0.2) is 0 Å². The number of nitrogens with zero attached hydrogens (tertiary/aromatic N) is 5.